The van der Waals surface area contributed by atoms with Crippen LogP contribution in [0.5, 0.6) is 0 Å². The average Bonchev–Trinajstić information content (AvgIpc) is 3.20. The zero-order valence-electron chi connectivity index (χ0n) is 37.9. The summed E-state index contributed by atoms with van der Waals surface area (Å²) in [5.74, 6) is -0.0560. The lowest BCUT2D eigenvalue weighted by atomic mass is 10.0. The summed E-state index contributed by atoms with van der Waals surface area (Å²) < 4.78 is 5.45. The van der Waals surface area contributed by atoms with E-state index in [2.05, 4.69) is 19.2 Å². The van der Waals surface area contributed by atoms with Gasteiger partial charge < -0.3 is 20.3 Å². The summed E-state index contributed by atoms with van der Waals surface area (Å²) >= 11 is 0. The number of esters is 1. The first-order valence-electron chi connectivity index (χ1n) is 25.3. The molecule has 56 heavy (non-hydrogen) atoms. The highest BCUT2D eigenvalue weighted by Crippen LogP contribution is 2.17. The Kier molecular flexibility index (Phi) is 45.6. The highest BCUT2D eigenvalue weighted by atomic mass is 16.5. The van der Waals surface area contributed by atoms with Crippen LogP contribution in [0.25, 0.3) is 0 Å². The molecule has 6 nitrogen and oxygen atoms in total. The Bertz CT molecular complexity index is 791. The Hall–Kier alpha value is -1.14. The van der Waals surface area contributed by atoms with Crippen molar-refractivity contribution in [2.45, 2.75) is 296 Å². The Morgan fingerprint density at radius 2 is 0.732 bits per heavy atom. The summed E-state index contributed by atoms with van der Waals surface area (Å²) in [6, 6.07) is -0.550. The minimum atomic E-state index is -0.672. The molecule has 3 N–H and O–H groups in total. The Balaban J connectivity index is 3.45. The lowest BCUT2D eigenvalue weighted by molar-refractivity contribution is -0.143. The molecule has 0 rings (SSSR count). The summed E-state index contributed by atoms with van der Waals surface area (Å²) in [7, 11) is 0. The number of carbonyl (C=O) groups excluding carboxylic acids is 2. The number of carbonyl (C=O) groups is 2. The predicted molar refractivity (Wildman–Crippen MR) is 241 cm³/mol. The number of nitrogens with one attached hydrogen (secondary N) is 1. The Morgan fingerprint density at radius 3 is 1.09 bits per heavy atom. The third-order valence-electron chi connectivity index (χ3n) is 11.9. The van der Waals surface area contributed by atoms with Gasteiger partial charge >= 0.3 is 5.97 Å². The number of hydrogen-bond donors (Lipinski definition) is 3. The molecule has 6 heteroatoms. The second kappa shape index (κ2) is 46.5. The van der Waals surface area contributed by atoms with E-state index in [4.69, 9.17) is 4.74 Å². The van der Waals surface area contributed by atoms with Gasteiger partial charge in [-0.3, -0.25) is 9.59 Å². The summed E-state index contributed by atoms with van der Waals surface area (Å²) in [6.45, 7) is 4.93. The van der Waals surface area contributed by atoms with Crippen molar-refractivity contribution in [2.75, 3.05) is 13.2 Å². The van der Waals surface area contributed by atoms with Gasteiger partial charge in [0, 0.05) is 12.8 Å². The zero-order valence-corrected chi connectivity index (χ0v) is 37.9. The lowest BCUT2D eigenvalue weighted by Crippen LogP contribution is -2.45. The van der Waals surface area contributed by atoms with Crippen molar-refractivity contribution in [1.82, 2.24) is 5.32 Å². The summed E-state index contributed by atoms with van der Waals surface area (Å²) in [5.41, 5.74) is 0. The SMILES string of the molecule is CCCCCCCCCCCCCCCCC(O)C(CO)NC(=O)CCCCCCCCCCCCCCOC(=O)CCCCCCCCCCCCCCC. The molecule has 0 radical (unpaired) electrons. The van der Waals surface area contributed by atoms with E-state index >= 15 is 0 Å². The molecule has 2 unspecified atom stereocenters. The van der Waals surface area contributed by atoms with Crippen LogP contribution in [0, 0.1) is 0 Å². The van der Waals surface area contributed by atoms with Crippen molar-refractivity contribution in [1.29, 1.82) is 0 Å². The maximum absolute atomic E-state index is 12.4. The fourth-order valence-corrected chi connectivity index (χ4v) is 7.99. The molecular weight excluding hydrogens is 695 g/mol. The molecule has 0 spiro atoms. The predicted octanol–water partition coefficient (Wildman–Crippen LogP) is 14.8. The first-order valence-corrected chi connectivity index (χ1v) is 25.3. The van der Waals surface area contributed by atoms with Crippen molar-refractivity contribution in [3.63, 3.8) is 0 Å². The van der Waals surface area contributed by atoms with Crippen LogP contribution in [-0.4, -0.2) is 47.4 Å². The molecule has 0 bridgehead atoms. The van der Waals surface area contributed by atoms with Crippen molar-refractivity contribution < 1.29 is 24.5 Å². The van der Waals surface area contributed by atoms with Crippen LogP contribution in [0.3, 0.4) is 0 Å². The minimum absolute atomic E-state index is 0.00717. The molecule has 0 aliphatic heterocycles. The molecule has 0 aliphatic rings. The van der Waals surface area contributed by atoms with Gasteiger partial charge in [0.2, 0.25) is 5.91 Å². The largest absolute Gasteiger partial charge is 0.466 e. The smallest absolute Gasteiger partial charge is 0.305 e. The molecule has 0 saturated heterocycles. The van der Waals surface area contributed by atoms with E-state index in [0.717, 1.165) is 57.8 Å². The van der Waals surface area contributed by atoms with E-state index in [1.165, 1.54) is 193 Å². The number of amides is 1. The van der Waals surface area contributed by atoms with E-state index in [1.54, 1.807) is 0 Å². The van der Waals surface area contributed by atoms with Crippen molar-refractivity contribution in [3.05, 3.63) is 0 Å². The molecule has 1 amide bonds. The maximum atomic E-state index is 12.4. The maximum Gasteiger partial charge on any atom is 0.305 e. The number of unbranched alkanes of at least 4 members (excludes halogenated alkanes) is 36. The molecule has 0 aliphatic carbocycles. The molecule has 0 fully saturated rings. The van der Waals surface area contributed by atoms with E-state index < -0.39 is 12.1 Å². The molecule has 2 atom stereocenters. The standard InChI is InChI=1S/C50H99NO5/c1-3-5-7-9-11-13-15-17-19-22-26-30-34-38-42-48(53)47(46-52)51-49(54)43-39-35-31-27-23-20-21-25-29-33-37-41-45-56-50(55)44-40-36-32-28-24-18-16-14-12-10-8-6-4-2/h47-48,52-53H,3-46H2,1-2H3,(H,51,54). The highest BCUT2D eigenvalue weighted by Gasteiger charge is 2.20. The van der Waals surface area contributed by atoms with Crippen LogP contribution in [-0.2, 0) is 14.3 Å². The summed E-state index contributed by atoms with van der Waals surface area (Å²) in [5, 5.41) is 23.2. The number of aliphatic hydroxyl groups excluding tert-OH is 2. The van der Waals surface area contributed by atoms with Gasteiger partial charge in [-0.2, -0.15) is 0 Å². The third kappa shape index (κ3) is 42.5. The Labute approximate surface area is 349 Å². The van der Waals surface area contributed by atoms with Gasteiger partial charge in [-0.05, 0) is 25.7 Å². The minimum Gasteiger partial charge on any atom is -0.466 e. The number of aliphatic hydroxyl groups is 2. The number of ether oxygens (including phenoxy) is 1. The van der Waals surface area contributed by atoms with E-state index in [-0.39, 0.29) is 18.5 Å². The van der Waals surface area contributed by atoms with E-state index in [1.807, 2.05) is 0 Å². The second-order valence-corrected chi connectivity index (χ2v) is 17.5. The monoisotopic (exact) mass is 794 g/mol. The number of rotatable bonds is 47. The third-order valence-corrected chi connectivity index (χ3v) is 11.9. The van der Waals surface area contributed by atoms with E-state index in [0.29, 0.717) is 25.9 Å². The first-order chi connectivity index (χ1) is 27.5. The molecule has 0 aromatic heterocycles. The van der Waals surface area contributed by atoms with Crippen molar-refractivity contribution in [2.24, 2.45) is 0 Å². The van der Waals surface area contributed by atoms with Gasteiger partial charge in [-0.15, -0.1) is 0 Å². The highest BCUT2D eigenvalue weighted by molar-refractivity contribution is 5.76. The van der Waals surface area contributed by atoms with Crippen LogP contribution in [0.2, 0.25) is 0 Å². The fraction of sp³-hybridized carbons (Fsp3) is 0.960. The molecular formula is C50H99NO5. The van der Waals surface area contributed by atoms with Crippen LogP contribution in [0.15, 0.2) is 0 Å². The zero-order chi connectivity index (χ0) is 40.8. The van der Waals surface area contributed by atoms with Gasteiger partial charge in [0.15, 0.2) is 0 Å². The van der Waals surface area contributed by atoms with Gasteiger partial charge in [-0.25, -0.2) is 0 Å². The Morgan fingerprint density at radius 1 is 0.429 bits per heavy atom. The van der Waals surface area contributed by atoms with Gasteiger partial charge in [0.05, 0.1) is 25.4 Å². The topological polar surface area (TPSA) is 95.9 Å². The fourth-order valence-electron chi connectivity index (χ4n) is 7.99. The number of hydrogen-bond acceptors (Lipinski definition) is 5. The molecule has 0 aromatic rings. The van der Waals surface area contributed by atoms with Crippen LogP contribution in [0.4, 0.5) is 0 Å². The molecule has 0 aromatic carbocycles. The summed E-state index contributed by atoms with van der Waals surface area (Å²) in [4.78, 5) is 24.4. The van der Waals surface area contributed by atoms with Gasteiger partial charge in [-0.1, -0.05) is 245 Å². The van der Waals surface area contributed by atoms with E-state index in [9.17, 15) is 19.8 Å². The quantitative estimate of drug-likeness (QED) is 0.0421. The molecule has 0 heterocycles. The molecule has 334 valence electrons. The lowest BCUT2D eigenvalue weighted by Gasteiger charge is -2.22. The van der Waals surface area contributed by atoms with Crippen molar-refractivity contribution in [3.8, 4) is 0 Å². The van der Waals surface area contributed by atoms with Crippen LogP contribution < -0.4 is 5.32 Å². The van der Waals surface area contributed by atoms with Gasteiger partial charge in [0.25, 0.3) is 0 Å². The molecule has 0 saturated carbocycles. The average molecular weight is 794 g/mol. The van der Waals surface area contributed by atoms with Gasteiger partial charge in [0.1, 0.15) is 0 Å². The first kappa shape index (κ1) is 54.9. The normalized spacial score (nSPS) is 12.6. The van der Waals surface area contributed by atoms with Crippen LogP contribution >= 0.6 is 0 Å². The van der Waals surface area contributed by atoms with Crippen molar-refractivity contribution >= 4 is 11.9 Å². The second-order valence-electron chi connectivity index (χ2n) is 17.5. The van der Waals surface area contributed by atoms with Crippen LogP contribution in [0.1, 0.15) is 284 Å². The summed E-state index contributed by atoms with van der Waals surface area (Å²) in [6.07, 6.45) is 50.6.